The van der Waals surface area contributed by atoms with E-state index in [9.17, 15) is 9.59 Å². The Morgan fingerprint density at radius 2 is 1.73 bits per heavy atom. The minimum Gasteiger partial charge on any atom is -0.341 e. The Morgan fingerprint density at radius 3 is 2.27 bits per heavy atom. The minimum atomic E-state index is 0.183. The van der Waals surface area contributed by atoms with Crippen LogP contribution in [-0.2, 0) is 16.0 Å². The lowest BCUT2D eigenvalue weighted by Gasteiger charge is -2.37. The molecule has 120 valence electrons. The lowest BCUT2D eigenvalue weighted by atomic mass is 10.2. The first-order valence-electron chi connectivity index (χ1n) is 7.62. The average molecular weight is 386 g/mol. The van der Waals surface area contributed by atoms with Crippen molar-refractivity contribution in [3.63, 3.8) is 0 Å². The predicted molar refractivity (Wildman–Crippen MR) is 89.9 cm³/mol. The average Bonchev–Trinajstić information content (AvgIpc) is 2.82. The van der Waals surface area contributed by atoms with Gasteiger partial charge in [0.05, 0.1) is 13.0 Å². The zero-order valence-corrected chi connectivity index (χ0v) is 14.9. The summed E-state index contributed by atoms with van der Waals surface area (Å²) in [6.45, 7) is 5.34. The maximum atomic E-state index is 12.3. The Hall–Kier alpha value is -0.920. The molecule has 0 bridgehead atoms. The highest BCUT2D eigenvalue weighted by atomic mass is 79.9. The molecule has 7 heteroatoms. The van der Waals surface area contributed by atoms with Crippen LogP contribution in [0.25, 0.3) is 0 Å². The van der Waals surface area contributed by atoms with Crippen molar-refractivity contribution in [2.45, 2.75) is 12.8 Å². The zero-order valence-electron chi connectivity index (χ0n) is 12.5. The Kier molecular flexibility index (Phi) is 5.15. The number of likely N-dealkylation sites (tertiary alicyclic amines) is 1. The number of hydrogen-bond donors (Lipinski definition) is 0. The number of halogens is 1. The summed E-state index contributed by atoms with van der Waals surface area (Å²) in [5, 5.41) is 2.00. The molecule has 1 aromatic heterocycles. The second-order valence-electron chi connectivity index (χ2n) is 5.80. The SMILES string of the molecule is O=C(Cc1cc(Br)cs1)N1CCN(CC(=O)N2CCC2)CC1. The summed E-state index contributed by atoms with van der Waals surface area (Å²) < 4.78 is 1.04. The number of hydrogen-bond acceptors (Lipinski definition) is 4. The highest BCUT2D eigenvalue weighted by Gasteiger charge is 2.26. The van der Waals surface area contributed by atoms with E-state index in [0.29, 0.717) is 13.0 Å². The van der Waals surface area contributed by atoms with Crippen LogP contribution in [0.4, 0.5) is 0 Å². The van der Waals surface area contributed by atoms with Crippen molar-refractivity contribution < 1.29 is 9.59 Å². The van der Waals surface area contributed by atoms with E-state index in [0.717, 1.165) is 55.0 Å². The van der Waals surface area contributed by atoms with Gasteiger partial charge in [0.2, 0.25) is 11.8 Å². The molecule has 0 atom stereocenters. The van der Waals surface area contributed by atoms with E-state index in [1.54, 1.807) is 11.3 Å². The van der Waals surface area contributed by atoms with Gasteiger partial charge in [-0.25, -0.2) is 0 Å². The van der Waals surface area contributed by atoms with Crippen LogP contribution in [0.2, 0.25) is 0 Å². The summed E-state index contributed by atoms with van der Waals surface area (Å²) in [5.74, 6) is 0.414. The van der Waals surface area contributed by atoms with E-state index in [-0.39, 0.29) is 11.8 Å². The van der Waals surface area contributed by atoms with Crippen LogP contribution in [0.5, 0.6) is 0 Å². The van der Waals surface area contributed by atoms with Gasteiger partial charge in [-0.3, -0.25) is 14.5 Å². The molecule has 2 saturated heterocycles. The van der Waals surface area contributed by atoms with Gasteiger partial charge >= 0.3 is 0 Å². The van der Waals surface area contributed by atoms with E-state index in [2.05, 4.69) is 20.8 Å². The van der Waals surface area contributed by atoms with E-state index >= 15 is 0 Å². The second-order valence-corrected chi connectivity index (χ2v) is 7.71. The van der Waals surface area contributed by atoms with Crippen molar-refractivity contribution in [2.75, 3.05) is 45.8 Å². The molecule has 0 saturated carbocycles. The van der Waals surface area contributed by atoms with Crippen LogP contribution in [0.15, 0.2) is 15.9 Å². The first-order valence-corrected chi connectivity index (χ1v) is 9.30. The third kappa shape index (κ3) is 3.88. The van der Waals surface area contributed by atoms with Gasteiger partial charge < -0.3 is 9.80 Å². The van der Waals surface area contributed by atoms with Crippen LogP contribution in [0.1, 0.15) is 11.3 Å². The van der Waals surface area contributed by atoms with Crippen LogP contribution < -0.4 is 0 Å². The van der Waals surface area contributed by atoms with Gasteiger partial charge in [-0.05, 0) is 28.4 Å². The summed E-state index contributed by atoms with van der Waals surface area (Å²) in [4.78, 5) is 31.3. The first-order chi connectivity index (χ1) is 10.6. The lowest BCUT2D eigenvalue weighted by molar-refractivity contribution is -0.137. The molecule has 2 aliphatic heterocycles. The number of thiophene rings is 1. The van der Waals surface area contributed by atoms with Crippen LogP contribution in [-0.4, -0.2) is 72.3 Å². The van der Waals surface area contributed by atoms with E-state index in [1.807, 2.05) is 21.2 Å². The third-order valence-corrected chi connectivity index (χ3v) is 5.94. The van der Waals surface area contributed by atoms with Crippen LogP contribution in [0.3, 0.4) is 0 Å². The fourth-order valence-corrected chi connectivity index (χ4v) is 4.16. The molecule has 0 spiro atoms. The Bertz CT molecular complexity index is 551. The maximum absolute atomic E-state index is 12.3. The molecule has 0 unspecified atom stereocenters. The smallest absolute Gasteiger partial charge is 0.236 e. The molecule has 2 fully saturated rings. The number of carbonyl (C=O) groups excluding carboxylic acids is 2. The Balaban J connectivity index is 1.42. The van der Waals surface area contributed by atoms with Crippen molar-refractivity contribution >= 4 is 39.1 Å². The molecule has 2 aliphatic rings. The molecule has 0 radical (unpaired) electrons. The highest BCUT2D eigenvalue weighted by molar-refractivity contribution is 9.10. The molecule has 0 aromatic carbocycles. The number of rotatable bonds is 4. The van der Waals surface area contributed by atoms with E-state index in [4.69, 9.17) is 0 Å². The lowest BCUT2D eigenvalue weighted by Crippen LogP contribution is -2.53. The predicted octanol–water partition coefficient (Wildman–Crippen LogP) is 1.43. The van der Waals surface area contributed by atoms with E-state index in [1.165, 1.54) is 0 Å². The fourth-order valence-electron chi connectivity index (χ4n) is 2.72. The molecule has 5 nitrogen and oxygen atoms in total. The van der Waals surface area contributed by atoms with Crippen molar-refractivity contribution in [2.24, 2.45) is 0 Å². The van der Waals surface area contributed by atoms with Gasteiger partial charge in [0.25, 0.3) is 0 Å². The van der Waals surface area contributed by atoms with Crippen LogP contribution in [0, 0.1) is 0 Å². The molecule has 0 N–H and O–H groups in total. The van der Waals surface area contributed by atoms with Gasteiger partial charge in [-0.2, -0.15) is 0 Å². The number of piperazine rings is 1. The van der Waals surface area contributed by atoms with Crippen molar-refractivity contribution in [1.29, 1.82) is 0 Å². The standard InChI is InChI=1S/C15H20BrN3O2S/c16-12-8-13(22-11-12)9-14(20)19-6-4-17(5-7-19)10-15(21)18-2-1-3-18/h8,11H,1-7,9-10H2. The molecular formula is C15H20BrN3O2S. The topological polar surface area (TPSA) is 43.9 Å². The molecule has 3 rings (SSSR count). The zero-order chi connectivity index (χ0) is 15.5. The molecule has 0 aliphatic carbocycles. The summed E-state index contributed by atoms with van der Waals surface area (Å²) in [5.41, 5.74) is 0. The third-order valence-electron chi connectivity index (χ3n) is 4.24. The molecule has 2 amide bonds. The fraction of sp³-hybridized carbons (Fsp3) is 0.600. The van der Waals surface area contributed by atoms with Gasteiger partial charge in [0, 0.05) is 54.0 Å². The summed E-state index contributed by atoms with van der Waals surface area (Å²) in [7, 11) is 0. The monoisotopic (exact) mass is 385 g/mol. The number of carbonyl (C=O) groups is 2. The normalized spacial score (nSPS) is 19.1. The van der Waals surface area contributed by atoms with E-state index < -0.39 is 0 Å². The summed E-state index contributed by atoms with van der Waals surface area (Å²) in [6, 6.07) is 2.00. The molecule has 22 heavy (non-hydrogen) atoms. The highest BCUT2D eigenvalue weighted by Crippen LogP contribution is 2.21. The Labute approximate surface area is 143 Å². The second kappa shape index (κ2) is 7.10. The largest absolute Gasteiger partial charge is 0.341 e. The number of nitrogens with zero attached hydrogens (tertiary/aromatic N) is 3. The van der Waals surface area contributed by atoms with Gasteiger partial charge in [-0.15, -0.1) is 11.3 Å². The molecular weight excluding hydrogens is 366 g/mol. The minimum absolute atomic E-state index is 0.183. The summed E-state index contributed by atoms with van der Waals surface area (Å²) in [6.07, 6.45) is 1.61. The van der Waals surface area contributed by atoms with Crippen molar-refractivity contribution in [1.82, 2.24) is 14.7 Å². The quantitative estimate of drug-likeness (QED) is 0.787. The molecule has 3 heterocycles. The van der Waals surface area contributed by atoms with Gasteiger partial charge in [-0.1, -0.05) is 0 Å². The maximum Gasteiger partial charge on any atom is 0.236 e. The molecule has 1 aromatic rings. The van der Waals surface area contributed by atoms with Crippen molar-refractivity contribution in [3.05, 3.63) is 20.8 Å². The van der Waals surface area contributed by atoms with Gasteiger partial charge in [0.15, 0.2) is 0 Å². The van der Waals surface area contributed by atoms with Crippen LogP contribution >= 0.6 is 27.3 Å². The summed E-state index contributed by atoms with van der Waals surface area (Å²) >= 11 is 5.02. The van der Waals surface area contributed by atoms with Crippen molar-refractivity contribution in [3.8, 4) is 0 Å². The number of amides is 2. The first kappa shape index (κ1) is 16.0. The van der Waals surface area contributed by atoms with Gasteiger partial charge in [0.1, 0.15) is 0 Å². The Morgan fingerprint density at radius 1 is 1.05 bits per heavy atom.